The van der Waals surface area contributed by atoms with E-state index in [2.05, 4.69) is 9.97 Å². The van der Waals surface area contributed by atoms with Gasteiger partial charge < -0.3 is 4.98 Å². The topological polar surface area (TPSA) is 28.7 Å². The average Bonchev–Trinajstić information content (AvgIpc) is 2.57. The van der Waals surface area contributed by atoms with E-state index >= 15 is 0 Å². The maximum absolute atomic E-state index is 12.4. The predicted octanol–water partition coefficient (Wildman–Crippen LogP) is 3.30. The van der Waals surface area contributed by atoms with E-state index in [1.807, 2.05) is 6.26 Å². The van der Waals surface area contributed by atoms with Crippen molar-refractivity contribution in [3.8, 4) is 0 Å². The number of aromatic nitrogens is 2. The number of imidazole rings is 1. The van der Waals surface area contributed by atoms with E-state index in [1.54, 1.807) is 0 Å². The average molecular weight is 232 g/mol. The Balaban J connectivity index is 2.55. The van der Waals surface area contributed by atoms with Gasteiger partial charge in [0.05, 0.1) is 16.6 Å². The number of fused-ring (bicyclic) bond motifs is 1. The summed E-state index contributed by atoms with van der Waals surface area (Å²) < 4.78 is 37.1. The fourth-order valence-electron chi connectivity index (χ4n) is 1.26. The molecule has 2 rings (SSSR count). The van der Waals surface area contributed by atoms with Crippen molar-refractivity contribution in [2.75, 3.05) is 6.26 Å². The molecule has 1 aromatic carbocycles. The van der Waals surface area contributed by atoms with Crippen molar-refractivity contribution in [2.24, 2.45) is 0 Å². The molecule has 0 amide bonds. The highest BCUT2D eigenvalue weighted by Crippen LogP contribution is 2.31. The van der Waals surface area contributed by atoms with Crippen LogP contribution in [0, 0.1) is 0 Å². The third-order valence-corrected chi connectivity index (χ3v) is 2.56. The van der Waals surface area contributed by atoms with Gasteiger partial charge in [0, 0.05) is 0 Å². The molecular formula is C9H7F3N2S. The zero-order chi connectivity index (χ0) is 11.1. The normalized spacial score (nSPS) is 12.3. The molecule has 80 valence electrons. The van der Waals surface area contributed by atoms with Crippen LogP contribution < -0.4 is 0 Å². The molecule has 0 bridgehead atoms. The predicted molar refractivity (Wildman–Crippen MR) is 52.9 cm³/mol. The zero-order valence-corrected chi connectivity index (χ0v) is 8.54. The monoisotopic (exact) mass is 232 g/mol. The first kappa shape index (κ1) is 10.4. The van der Waals surface area contributed by atoms with Crippen LogP contribution in [0.2, 0.25) is 0 Å². The second kappa shape index (κ2) is 3.44. The number of thioether (sulfide) groups is 1. The van der Waals surface area contributed by atoms with Crippen LogP contribution in [-0.2, 0) is 6.18 Å². The SMILES string of the molecule is CSc1nc2cc(C(F)(F)F)ccc2[nH]1. The Morgan fingerprint density at radius 2 is 2.07 bits per heavy atom. The Bertz CT molecular complexity index is 490. The molecule has 0 radical (unpaired) electrons. The third-order valence-electron chi connectivity index (χ3n) is 1.98. The minimum atomic E-state index is -4.31. The van der Waals surface area contributed by atoms with Gasteiger partial charge in [0.2, 0.25) is 0 Å². The molecule has 1 heterocycles. The Labute approximate surface area is 87.9 Å². The second-order valence-electron chi connectivity index (χ2n) is 2.98. The highest BCUT2D eigenvalue weighted by Gasteiger charge is 2.30. The van der Waals surface area contributed by atoms with Crippen molar-refractivity contribution in [2.45, 2.75) is 11.3 Å². The Morgan fingerprint density at radius 1 is 1.33 bits per heavy atom. The van der Waals surface area contributed by atoms with Gasteiger partial charge in [-0.2, -0.15) is 13.2 Å². The van der Waals surface area contributed by atoms with Crippen molar-refractivity contribution in [1.29, 1.82) is 0 Å². The van der Waals surface area contributed by atoms with Crippen LogP contribution in [0.15, 0.2) is 23.4 Å². The molecule has 0 saturated carbocycles. The lowest BCUT2D eigenvalue weighted by Gasteiger charge is -2.04. The number of aromatic amines is 1. The summed E-state index contributed by atoms with van der Waals surface area (Å²) in [5.41, 5.74) is 0.288. The Morgan fingerprint density at radius 3 is 2.67 bits per heavy atom. The van der Waals surface area contributed by atoms with Crippen LogP contribution in [0.4, 0.5) is 13.2 Å². The van der Waals surface area contributed by atoms with Gasteiger partial charge in [-0.3, -0.25) is 0 Å². The van der Waals surface area contributed by atoms with E-state index in [0.29, 0.717) is 16.2 Å². The molecule has 0 spiro atoms. The number of nitrogens with one attached hydrogen (secondary N) is 1. The summed E-state index contributed by atoms with van der Waals surface area (Å²) in [6.45, 7) is 0. The summed E-state index contributed by atoms with van der Waals surface area (Å²) in [5, 5.41) is 0.615. The van der Waals surface area contributed by atoms with E-state index in [0.717, 1.165) is 12.1 Å². The number of nitrogens with zero attached hydrogens (tertiary/aromatic N) is 1. The number of benzene rings is 1. The summed E-state index contributed by atoms with van der Waals surface area (Å²) in [7, 11) is 0. The number of alkyl halides is 3. The molecule has 2 nitrogen and oxygen atoms in total. The molecule has 0 aliphatic carbocycles. The number of halogens is 3. The van der Waals surface area contributed by atoms with Crippen LogP contribution in [0.25, 0.3) is 11.0 Å². The number of hydrogen-bond donors (Lipinski definition) is 1. The highest BCUT2D eigenvalue weighted by molar-refractivity contribution is 7.98. The molecule has 1 aromatic heterocycles. The van der Waals surface area contributed by atoms with Crippen molar-refractivity contribution in [3.05, 3.63) is 23.8 Å². The minimum Gasteiger partial charge on any atom is -0.333 e. The van der Waals surface area contributed by atoms with E-state index < -0.39 is 11.7 Å². The zero-order valence-electron chi connectivity index (χ0n) is 7.72. The van der Waals surface area contributed by atoms with E-state index in [1.165, 1.54) is 17.8 Å². The molecule has 2 aromatic rings. The van der Waals surface area contributed by atoms with Crippen LogP contribution in [0.5, 0.6) is 0 Å². The van der Waals surface area contributed by atoms with Gasteiger partial charge in [0.25, 0.3) is 0 Å². The summed E-state index contributed by atoms with van der Waals surface area (Å²) in [6, 6.07) is 3.49. The summed E-state index contributed by atoms with van der Waals surface area (Å²) in [5.74, 6) is 0. The first-order chi connectivity index (χ1) is 7.00. The lowest BCUT2D eigenvalue weighted by Crippen LogP contribution is -2.04. The largest absolute Gasteiger partial charge is 0.416 e. The molecule has 0 aliphatic rings. The Kier molecular flexibility index (Phi) is 2.38. The van der Waals surface area contributed by atoms with Crippen molar-refractivity contribution in [1.82, 2.24) is 9.97 Å². The molecule has 15 heavy (non-hydrogen) atoms. The molecule has 1 N–H and O–H groups in total. The maximum atomic E-state index is 12.4. The standard InChI is InChI=1S/C9H7F3N2S/c1-15-8-13-6-3-2-5(9(10,11)12)4-7(6)14-8/h2-4H,1H3,(H,13,14). The molecule has 6 heteroatoms. The molecule has 0 unspecified atom stereocenters. The summed E-state index contributed by atoms with van der Waals surface area (Å²) in [6.07, 6.45) is -2.50. The van der Waals surface area contributed by atoms with Gasteiger partial charge in [0.1, 0.15) is 0 Å². The Hall–Kier alpha value is -1.17. The van der Waals surface area contributed by atoms with Crippen molar-refractivity contribution < 1.29 is 13.2 Å². The number of rotatable bonds is 1. The van der Waals surface area contributed by atoms with Crippen LogP contribution in [-0.4, -0.2) is 16.2 Å². The lowest BCUT2D eigenvalue weighted by molar-refractivity contribution is -0.137. The van der Waals surface area contributed by atoms with E-state index in [4.69, 9.17) is 0 Å². The van der Waals surface area contributed by atoms with Gasteiger partial charge in [0.15, 0.2) is 5.16 Å². The maximum Gasteiger partial charge on any atom is 0.416 e. The van der Waals surface area contributed by atoms with Gasteiger partial charge in [-0.25, -0.2) is 4.98 Å². The van der Waals surface area contributed by atoms with E-state index in [9.17, 15) is 13.2 Å². The lowest BCUT2D eigenvalue weighted by atomic mass is 10.2. The minimum absolute atomic E-state index is 0.342. The number of hydrogen-bond acceptors (Lipinski definition) is 2. The second-order valence-corrected chi connectivity index (χ2v) is 3.77. The van der Waals surface area contributed by atoms with Gasteiger partial charge in [-0.1, -0.05) is 11.8 Å². The smallest absolute Gasteiger partial charge is 0.333 e. The van der Waals surface area contributed by atoms with Crippen LogP contribution in [0.1, 0.15) is 5.56 Å². The number of H-pyrrole nitrogens is 1. The molecule has 0 aliphatic heterocycles. The van der Waals surface area contributed by atoms with Gasteiger partial charge in [-0.05, 0) is 24.5 Å². The van der Waals surface area contributed by atoms with Crippen LogP contribution >= 0.6 is 11.8 Å². The first-order valence-electron chi connectivity index (χ1n) is 4.11. The third kappa shape index (κ3) is 1.94. The molecule has 0 saturated heterocycles. The fourth-order valence-corrected chi connectivity index (χ4v) is 1.66. The molecular weight excluding hydrogens is 225 g/mol. The fraction of sp³-hybridized carbons (Fsp3) is 0.222. The first-order valence-corrected chi connectivity index (χ1v) is 5.34. The molecule has 0 atom stereocenters. The summed E-state index contributed by atoms with van der Waals surface area (Å²) >= 11 is 1.36. The van der Waals surface area contributed by atoms with Crippen LogP contribution in [0.3, 0.4) is 0 Å². The van der Waals surface area contributed by atoms with Crippen molar-refractivity contribution >= 4 is 22.8 Å². The quantitative estimate of drug-likeness (QED) is 0.764. The van der Waals surface area contributed by atoms with Crippen molar-refractivity contribution in [3.63, 3.8) is 0 Å². The van der Waals surface area contributed by atoms with Gasteiger partial charge in [-0.15, -0.1) is 0 Å². The highest BCUT2D eigenvalue weighted by atomic mass is 32.2. The molecule has 0 fully saturated rings. The van der Waals surface area contributed by atoms with E-state index in [-0.39, 0.29) is 0 Å². The summed E-state index contributed by atoms with van der Waals surface area (Å²) in [4.78, 5) is 6.92. The van der Waals surface area contributed by atoms with Gasteiger partial charge >= 0.3 is 6.18 Å².